The van der Waals surface area contributed by atoms with E-state index < -0.39 is 17.7 Å². The molecule has 172 valence electrons. The van der Waals surface area contributed by atoms with Crippen molar-refractivity contribution in [2.24, 2.45) is 0 Å². The van der Waals surface area contributed by atoms with Gasteiger partial charge in [0.05, 0.1) is 11.6 Å². The standard InChI is InChI=1S/C28H25NO5/c1-17-15-21-16-20(9-12-23(21)34-17)26(31)24-25(19-7-10-22(30)11-8-19)29(28(33)27(24)32)14-13-18-5-3-2-4-6-18/h2-12,16-17,25,30-31H,13-15H2,1H3/b26-24+/t17-,25+/m0/s1. The smallest absolute Gasteiger partial charge is 0.295 e. The summed E-state index contributed by atoms with van der Waals surface area (Å²) < 4.78 is 5.75. The zero-order chi connectivity index (χ0) is 23.8. The number of aliphatic hydroxyl groups is 1. The highest BCUT2D eigenvalue weighted by Gasteiger charge is 2.45. The molecule has 0 spiro atoms. The lowest BCUT2D eigenvalue weighted by Crippen LogP contribution is -2.31. The molecular formula is C28H25NO5. The summed E-state index contributed by atoms with van der Waals surface area (Å²) in [6, 6.07) is 20.7. The van der Waals surface area contributed by atoms with E-state index in [1.54, 1.807) is 24.3 Å². The number of aliphatic hydroxyl groups excluding tert-OH is 1. The third-order valence-corrected chi connectivity index (χ3v) is 6.40. The minimum absolute atomic E-state index is 0.0490. The predicted molar refractivity (Wildman–Crippen MR) is 127 cm³/mol. The number of hydrogen-bond acceptors (Lipinski definition) is 5. The third-order valence-electron chi connectivity index (χ3n) is 6.40. The van der Waals surface area contributed by atoms with Crippen LogP contribution in [-0.4, -0.2) is 39.5 Å². The molecule has 34 heavy (non-hydrogen) atoms. The Balaban J connectivity index is 1.57. The van der Waals surface area contributed by atoms with Gasteiger partial charge in [-0.3, -0.25) is 9.59 Å². The number of Topliss-reactive ketones (excluding diaryl/α,β-unsaturated/α-hetero) is 1. The quantitative estimate of drug-likeness (QED) is 0.339. The maximum Gasteiger partial charge on any atom is 0.295 e. The molecule has 1 fully saturated rings. The summed E-state index contributed by atoms with van der Waals surface area (Å²) in [4.78, 5) is 27.8. The average molecular weight is 456 g/mol. The lowest BCUT2D eigenvalue weighted by molar-refractivity contribution is -0.139. The van der Waals surface area contributed by atoms with E-state index in [4.69, 9.17) is 4.74 Å². The van der Waals surface area contributed by atoms with Crippen molar-refractivity contribution in [3.8, 4) is 11.5 Å². The van der Waals surface area contributed by atoms with Gasteiger partial charge in [0.15, 0.2) is 0 Å². The molecule has 2 aliphatic rings. The lowest BCUT2D eigenvalue weighted by atomic mass is 9.94. The monoisotopic (exact) mass is 455 g/mol. The molecule has 6 nitrogen and oxygen atoms in total. The molecule has 0 radical (unpaired) electrons. The number of phenols is 1. The van der Waals surface area contributed by atoms with Crippen LogP contribution in [0, 0.1) is 0 Å². The number of rotatable bonds is 5. The van der Waals surface area contributed by atoms with E-state index >= 15 is 0 Å². The molecule has 1 saturated heterocycles. The Morgan fingerprint density at radius 1 is 1.03 bits per heavy atom. The van der Waals surface area contributed by atoms with Gasteiger partial charge in [0.25, 0.3) is 11.7 Å². The number of benzene rings is 3. The predicted octanol–water partition coefficient (Wildman–Crippen LogP) is 4.38. The molecule has 2 N–H and O–H groups in total. The van der Waals surface area contributed by atoms with Gasteiger partial charge >= 0.3 is 0 Å². The Hall–Kier alpha value is -4.06. The minimum atomic E-state index is -0.757. The summed E-state index contributed by atoms with van der Waals surface area (Å²) >= 11 is 0. The number of carbonyl (C=O) groups is 2. The fourth-order valence-corrected chi connectivity index (χ4v) is 4.73. The molecule has 1 amide bonds. The van der Waals surface area contributed by atoms with Crippen molar-refractivity contribution in [3.05, 3.63) is 101 Å². The largest absolute Gasteiger partial charge is 0.508 e. The molecule has 0 aliphatic carbocycles. The number of ether oxygens (including phenoxy) is 1. The van der Waals surface area contributed by atoms with Gasteiger partial charge in [0, 0.05) is 18.5 Å². The minimum Gasteiger partial charge on any atom is -0.508 e. The number of nitrogens with zero attached hydrogens (tertiary/aromatic N) is 1. The molecule has 0 unspecified atom stereocenters. The molecule has 0 bridgehead atoms. The van der Waals surface area contributed by atoms with E-state index in [0.29, 0.717) is 30.5 Å². The summed E-state index contributed by atoms with van der Waals surface area (Å²) in [7, 11) is 0. The highest BCUT2D eigenvalue weighted by atomic mass is 16.5. The number of carbonyl (C=O) groups excluding carboxylic acids is 2. The molecule has 0 aromatic heterocycles. The topological polar surface area (TPSA) is 87.1 Å². The molecule has 2 heterocycles. The van der Waals surface area contributed by atoms with Crippen molar-refractivity contribution in [2.75, 3.05) is 6.54 Å². The number of fused-ring (bicyclic) bond motifs is 1. The van der Waals surface area contributed by atoms with Crippen molar-refractivity contribution < 1.29 is 24.5 Å². The molecule has 0 saturated carbocycles. The second-order valence-corrected chi connectivity index (χ2v) is 8.77. The Morgan fingerprint density at radius 2 is 1.76 bits per heavy atom. The number of phenolic OH excluding ortho intramolecular Hbond substituents is 1. The molecule has 5 rings (SSSR count). The molecular weight excluding hydrogens is 430 g/mol. The fraction of sp³-hybridized carbons (Fsp3) is 0.214. The van der Waals surface area contributed by atoms with Crippen LogP contribution < -0.4 is 4.74 Å². The van der Waals surface area contributed by atoms with Gasteiger partial charge in [-0.15, -0.1) is 0 Å². The average Bonchev–Trinajstić information content (AvgIpc) is 3.34. The first kappa shape index (κ1) is 21.8. The first-order valence-corrected chi connectivity index (χ1v) is 11.3. The third kappa shape index (κ3) is 3.92. The lowest BCUT2D eigenvalue weighted by Gasteiger charge is -2.25. The van der Waals surface area contributed by atoms with Crippen LogP contribution in [0.1, 0.15) is 35.2 Å². The highest BCUT2D eigenvalue weighted by molar-refractivity contribution is 6.46. The SMILES string of the molecule is C[C@H]1Cc2cc(/C(O)=C3\C(=O)C(=O)N(CCc4ccccc4)[C@@H]3c3ccc(O)cc3)ccc2O1. The van der Waals surface area contributed by atoms with Gasteiger partial charge in [-0.2, -0.15) is 0 Å². The molecule has 3 aromatic carbocycles. The number of amides is 1. The summed E-state index contributed by atoms with van der Waals surface area (Å²) in [5.41, 5.74) is 3.17. The maximum atomic E-state index is 13.2. The van der Waals surface area contributed by atoms with Gasteiger partial charge in [-0.25, -0.2) is 0 Å². The van der Waals surface area contributed by atoms with E-state index in [-0.39, 0.29) is 23.2 Å². The van der Waals surface area contributed by atoms with Gasteiger partial charge in [-0.05, 0) is 60.4 Å². The van der Waals surface area contributed by atoms with Gasteiger partial charge < -0.3 is 19.8 Å². The fourth-order valence-electron chi connectivity index (χ4n) is 4.73. The summed E-state index contributed by atoms with van der Waals surface area (Å²) in [5, 5.41) is 21.0. The van der Waals surface area contributed by atoms with Crippen LogP contribution in [0.3, 0.4) is 0 Å². The Kier molecular flexibility index (Phi) is 5.57. The summed E-state index contributed by atoms with van der Waals surface area (Å²) in [6.45, 7) is 2.29. The van der Waals surface area contributed by atoms with Gasteiger partial charge in [-0.1, -0.05) is 42.5 Å². The van der Waals surface area contributed by atoms with Crippen LogP contribution in [0.15, 0.2) is 78.4 Å². The number of ketones is 1. The van der Waals surface area contributed by atoms with Crippen LogP contribution in [0.2, 0.25) is 0 Å². The van der Waals surface area contributed by atoms with Crippen LogP contribution >= 0.6 is 0 Å². The van der Waals surface area contributed by atoms with Crippen molar-refractivity contribution in [1.82, 2.24) is 4.90 Å². The number of aromatic hydroxyl groups is 1. The van der Waals surface area contributed by atoms with Gasteiger partial charge in [0.1, 0.15) is 23.4 Å². The molecule has 3 aromatic rings. The second-order valence-electron chi connectivity index (χ2n) is 8.77. The molecule has 2 atom stereocenters. The highest BCUT2D eigenvalue weighted by Crippen LogP contribution is 2.41. The van der Waals surface area contributed by atoms with Crippen LogP contribution in [0.5, 0.6) is 11.5 Å². The number of hydrogen-bond donors (Lipinski definition) is 2. The van der Waals surface area contributed by atoms with Crippen LogP contribution in [0.4, 0.5) is 0 Å². The first-order chi connectivity index (χ1) is 16.4. The Labute approximate surface area is 197 Å². The van der Waals surface area contributed by atoms with E-state index in [2.05, 4.69) is 0 Å². The van der Waals surface area contributed by atoms with E-state index in [9.17, 15) is 19.8 Å². The zero-order valence-electron chi connectivity index (χ0n) is 18.8. The molecule has 2 aliphatic heterocycles. The Bertz CT molecular complexity index is 1280. The van der Waals surface area contributed by atoms with Crippen molar-refractivity contribution in [1.29, 1.82) is 0 Å². The summed E-state index contributed by atoms with van der Waals surface area (Å²) in [5.74, 6) is -0.719. The first-order valence-electron chi connectivity index (χ1n) is 11.3. The van der Waals surface area contributed by atoms with Gasteiger partial charge in [0.2, 0.25) is 0 Å². The summed E-state index contributed by atoms with van der Waals surface area (Å²) in [6.07, 6.45) is 1.33. The normalized spacial score (nSPS) is 20.9. The van der Waals surface area contributed by atoms with E-state index in [1.165, 1.54) is 17.0 Å². The van der Waals surface area contributed by atoms with E-state index in [1.807, 2.05) is 43.3 Å². The van der Waals surface area contributed by atoms with Crippen molar-refractivity contribution in [3.63, 3.8) is 0 Å². The van der Waals surface area contributed by atoms with Crippen molar-refractivity contribution in [2.45, 2.75) is 31.9 Å². The number of likely N-dealkylation sites (tertiary alicyclic amines) is 1. The van der Waals surface area contributed by atoms with Crippen LogP contribution in [0.25, 0.3) is 5.76 Å². The Morgan fingerprint density at radius 3 is 2.50 bits per heavy atom. The molecule has 6 heteroatoms. The van der Waals surface area contributed by atoms with E-state index in [0.717, 1.165) is 16.9 Å². The maximum absolute atomic E-state index is 13.2. The second kappa shape index (κ2) is 8.71. The zero-order valence-corrected chi connectivity index (χ0v) is 18.8. The van der Waals surface area contributed by atoms with Crippen molar-refractivity contribution >= 4 is 17.4 Å². The van der Waals surface area contributed by atoms with Crippen LogP contribution in [-0.2, 0) is 22.4 Å².